The van der Waals surface area contributed by atoms with Crippen molar-refractivity contribution in [2.45, 2.75) is 18.6 Å². The first-order valence-electron chi connectivity index (χ1n) is 5.24. The predicted octanol–water partition coefficient (Wildman–Crippen LogP) is 2.67. The monoisotopic (exact) mass is 232 g/mol. The summed E-state index contributed by atoms with van der Waals surface area (Å²) in [6, 6.07) is 8.03. The van der Waals surface area contributed by atoms with Crippen molar-refractivity contribution in [1.29, 1.82) is 0 Å². The molecule has 3 rings (SSSR count). The largest absolute Gasteiger partial charge is 0.484 e. The molecule has 3 nitrogen and oxygen atoms in total. The second-order valence-corrected chi connectivity index (χ2v) is 4.81. The molecule has 0 radical (unpaired) electrons. The molecular formula is C12H12N2OS. The summed E-state index contributed by atoms with van der Waals surface area (Å²) < 4.78 is 5.94. The molecule has 1 aromatic carbocycles. The number of thiazole rings is 1. The zero-order valence-corrected chi connectivity index (χ0v) is 9.48. The number of fused-ring (bicyclic) bond motifs is 1. The first-order chi connectivity index (χ1) is 7.84. The van der Waals surface area contributed by atoms with Gasteiger partial charge >= 0.3 is 0 Å². The van der Waals surface area contributed by atoms with Crippen molar-refractivity contribution in [2.75, 3.05) is 0 Å². The van der Waals surface area contributed by atoms with Crippen LogP contribution in [0.3, 0.4) is 0 Å². The van der Waals surface area contributed by atoms with Crippen LogP contribution >= 0.6 is 11.3 Å². The Morgan fingerprint density at radius 2 is 2.25 bits per heavy atom. The van der Waals surface area contributed by atoms with Crippen molar-refractivity contribution in [2.24, 2.45) is 5.73 Å². The number of rotatable bonds is 1. The number of hydrogen-bond donors (Lipinski definition) is 1. The second kappa shape index (κ2) is 3.88. The van der Waals surface area contributed by atoms with Gasteiger partial charge in [-0.1, -0.05) is 18.2 Å². The maximum Gasteiger partial charge on any atom is 0.136 e. The molecule has 0 aliphatic carbocycles. The molecule has 1 aromatic heterocycles. The third-order valence-electron chi connectivity index (χ3n) is 2.82. The molecule has 2 atom stereocenters. The molecule has 0 spiro atoms. The summed E-state index contributed by atoms with van der Waals surface area (Å²) in [4.78, 5) is 5.22. The fourth-order valence-corrected chi connectivity index (χ4v) is 2.67. The van der Waals surface area contributed by atoms with E-state index < -0.39 is 0 Å². The van der Waals surface area contributed by atoms with Gasteiger partial charge in [-0.25, -0.2) is 0 Å². The van der Waals surface area contributed by atoms with E-state index in [0.29, 0.717) is 0 Å². The number of benzene rings is 1. The minimum Gasteiger partial charge on any atom is -0.484 e. The van der Waals surface area contributed by atoms with E-state index in [4.69, 9.17) is 10.5 Å². The lowest BCUT2D eigenvalue weighted by Crippen LogP contribution is -2.23. The number of hydrogen-bond acceptors (Lipinski definition) is 4. The minimum atomic E-state index is 0.0528. The average molecular weight is 232 g/mol. The summed E-state index contributed by atoms with van der Waals surface area (Å²) in [5.41, 5.74) is 9.07. The van der Waals surface area contributed by atoms with Crippen molar-refractivity contribution in [3.05, 3.63) is 46.4 Å². The first-order valence-corrected chi connectivity index (χ1v) is 6.12. The Labute approximate surface area is 97.9 Å². The van der Waals surface area contributed by atoms with Crippen LogP contribution in [0.4, 0.5) is 0 Å². The smallest absolute Gasteiger partial charge is 0.136 e. The van der Waals surface area contributed by atoms with E-state index in [-0.39, 0.29) is 12.1 Å². The van der Waals surface area contributed by atoms with Gasteiger partial charge in [0, 0.05) is 24.2 Å². The van der Waals surface area contributed by atoms with Gasteiger partial charge in [0.1, 0.15) is 11.9 Å². The maximum atomic E-state index is 6.15. The molecule has 2 aromatic rings. The summed E-state index contributed by atoms with van der Waals surface area (Å²) in [5, 5.41) is 0. The number of nitrogens with two attached hydrogens (primary N) is 1. The van der Waals surface area contributed by atoms with Gasteiger partial charge in [-0.2, -0.15) is 0 Å². The lowest BCUT2D eigenvalue weighted by Gasteiger charge is -2.29. The molecule has 16 heavy (non-hydrogen) atoms. The average Bonchev–Trinajstić information content (AvgIpc) is 2.82. The Morgan fingerprint density at radius 3 is 3.06 bits per heavy atom. The zero-order chi connectivity index (χ0) is 11.0. The highest BCUT2D eigenvalue weighted by atomic mass is 32.1. The summed E-state index contributed by atoms with van der Waals surface area (Å²) in [5.74, 6) is 0.902. The molecular weight excluding hydrogens is 220 g/mol. The van der Waals surface area contributed by atoms with Gasteiger partial charge < -0.3 is 10.5 Å². The van der Waals surface area contributed by atoms with E-state index in [1.807, 2.05) is 36.0 Å². The van der Waals surface area contributed by atoms with E-state index in [2.05, 4.69) is 4.98 Å². The van der Waals surface area contributed by atoms with Crippen LogP contribution in [0.1, 0.15) is 29.0 Å². The summed E-state index contributed by atoms with van der Waals surface area (Å²) in [6.07, 6.45) is 2.73. The Kier molecular flexibility index (Phi) is 2.38. The van der Waals surface area contributed by atoms with Crippen LogP contribution in [0.25, 0.3) is 0 Å². The maximum absolute atomic E-state index is 6.15. The minimum absolute atomic E-state index is 0.0528. The first kappa shape index (κ1) is 9.81. The SMILES string of the molecule is NC1CC(c2cncs2)Oc2ccccc21. The molecule has 0 amide bonds. The normalized spacial score (nSPS) is 23.6. The highest BCUT2D eigenvalue weighted by Gasteiger charge is 2.27. The van der Waals surface area contributed by atoms with Crippen LogP contribution in [0.5, 0.6) is 5.75 Å². The molecule has 2 unspecified atom stereocenters. The number of aromatic nitrogens is 1. The Balaban J connectivity index is 1.95. The molecule has 0 saturated carbocycles. The van der Waals surface area contributed by atoms with Crippen LogP contribution in [0.2, 0.25) is 0 Å². The second-order valence-electron chi connectivity index (χ2n) is 3.89. The molecule has 1 aliphatic heterocycles. The molecule has 2 heterocycles. The lowest BCUT2D eigenvalue weighted by molar-refractivity contribution is 0.164. The molecule has 0 saturated heterocycles. The third-order valence-corrected chi connectivity index (χ3v) is 3.69. The standard InChI is InChI=1S/C12H12N2OS/c13-9-5-11(12-6-14-7-16-12)15-10-4-2-1-3-8(9)10/h1-4,6-7,9,11H,5,13H2. The van der Waals surface area contributed by atoms with E-state index in [1.165, 1.54) is 0 Å². The fraction of sp³-hybridized carbons (Fsp3) is 0.250. The Morgan fingerprint density at radius 1 is 1.38 bits per heavy atom. The molecule has 2 N–H and O–H groups in total. The van der Waals surface area contributed by atoms with Gasteiger partial charge in [0.25, 0.3) is 0 Å². The van der Waals surface area contributed by atoms with E-state index >= 15 is 0 Å². The molecule has 82 valence electrons. The van der Waals surface area contributed by atoms with Crippen LogP contribution in [0, 0.1) is 0 Å². The molecule has 4 heteroatoms. The third kappa shape index (κ3) is 1.60. The Hall–Kier alpha value is -1.39. The van der Waals surface area contributed by atoms with E-state index in [9.17, 15) is 0 Å². The highest BCUT2D eigenvalue weighted by Crippen LogP contribution is 2.40. The van der Waals surface area contributed by atoms with Gasteiger partial charge in [0.2, 0.25) is 0 Å². The molecule has 1 aliphatic rings. The van der Waals surface area contributed by atoms with Crippen molar-refractivity contribution >= 4 is 11.3 Å². The number of ether oxygens (including phenoxy) is 1. The zero-order valence-electron chi connectivity index (χ0n) is 8.67. The lowest BCUT2D eigenvalue weighted by atomic mass is 9.97. The van der Waals surface area contributed by atoms with Crippen molar-refractivity contribution < 1.29 is 4.74 Å². The van der Waals surface area contributed by atoms with Gasteiger partial charge in [0.15, 0.2) is 0 Å². The van der Waals surface area contributed by atoms with Crippen molar-refractivity contribution in [3.8, 4) is 5.75 Å². The van der Waals surface area contributed by atoms with Crippen LogP contribution in [0.15, 0.2) is 36.0 Å². The van der Waals surface area contributed by atoms with Gasteiger partial charge in [-0.15, -0.1) is 11.3 Å². The van der Waals surface area contributed by atoms with Crippen molar-refractivity contribution in [3.63, 3.8) is 0 Å². The van der Waals surface area contributed by atoms with Crippen LogP contribution in [-0.2, 0) is 0 Å². The van der Waals surface area contributed by atoms with Crippen molar-refractivity contribution in [1.82, 2.24) is 4.98 Å². The fourth-order valence-electron chi connectivity index (χ4n) is 2.01. The summed E-state index contributed by atoms with van der Waals surface area (Å²) in [7, 11) is 0. The Bertz CT molecular complexity index is 484. The summed E-state index contributed by atoms with van der Waals surface area (Å²) >= 11 is 1.61. The predicted molar refractivity (Wildman–Crippen MR) is 63.5 cm³/mol. The number of para-hydroxylation sites is 1. The van der Waals surface area contributed by atoms with Gasteiger partial charge in [-0.3, -0.25) is 4.98 Å². The highest BCUT2D eigenvalue weighted by molar-refractivity contribution is 7.09. The quantitative estimate of drug-likeness (QED) is 0.822. The van der Waals surface area contributed by atoms with Gasteiger partial charge in [0.05, 0.1) is 10.4 Å². The van der Waals surface area contributed by atoms with E-state index in [1.54, 1.807) is 11.3 Å². The molecule has 0 bridgehead atoms. The topological polar surface area (TPSA) is 48.1 Å². The molecule has 0 fully saturated rings. The van der Waals surface area contributed by atoms with Crippen LogP contribution in [-0.4, -0.2) is 4.98 Å². The van der Waals surface area contributed by atoms with E-state index in [0.717, 1.165) is 22.6 Å². The summed E-state index contributed by atoms with van der Waals surface area (Å²) in [6.45, 7) is 0. The van der Waals surface area contributed by atoms with Crippen LogP contribution < -0.4 is 10.5 Å². The number of nitrogens with zero attached hydrogens (tertiary/aromatic N) is 1. The van der Waals surface area contributed by atoms with Gasteiger partial charge in [-0.05, 0) is 6.07 Å².